The van der Waals surface area contributed by atoms with E-state index in [1.54, 1.807) is 20.0 Å². The van der Waals surface area contributed by atoms with Gasteiger partial charge in [-0.15, -0.1) is 0 Å². The number of aromatic amines is 1. The van der Waals surface area contributed by atoms with Crippen LogP contribution in [0.4, 0.5) is 0 Å². The summed E-state index contributed by atoms with van der Waals surface area (Å²) in [6.45, 7) is 2.92. The first kappa shape index (κ1) is 28.3. The Labute approximate surface area is 208 Å². The maximum Gasteiger partial charge on any atom is 0.326 e. The maximum atomic E-state index is 12.7. The van der Waals surface area contributed by atoms with Crippen molar-refractivity contribution >= 4 is 40.6 Å². The zero-order chi connectivity index (χ0) is 26.8. The minimum Gasteiger partial charge on any atom is -0.481 e. The second-order valence-corrected chi connectivity index (χ2v) is 8.65. The fraction of sp³-hybridized carbons (Fsp3) is 0.458. The third kappa shape index (κ3) is 8.08. The Balaban J connectivity index is 1.95. The van der Waals surface area contributed by atoms with Crippen LogP contribution in [0.2, 0.25) is 0 Å². The molecule has 0 fully saturated rings. The predicted octanol–water partition coefficient (Wildman–Crippen LogP) is 0.119. The number of para-hydroxylation sites is 1. The number of nitrogens with one attached hydrogen (secondary N) is 4. The summed E-state index contributed by atoms with van der Waals surface area (Å²) >= 11 is 0. The van der Waals surface area contributed by atoms with Crippen molar-refractivity contribution in [1.29, 1.82) is 0 Å². The molecule has 0 spiro atoms. The lowest BCUT2D eigenvalue weighted by molar-refractivity contribution is -0.144. The van der Waals surface area contributed by atoms with Gasteiger partial charge in [0.1, 0.15) is 12.1 Å². The van der Waals surface area contributed by atoms with Crippen LogP contribution in [0.3, 0.4) is 0 Å². The van der Waals surface area contributed by atoms with Crippen LogP contribution in [0.1, 0.15) is 38.7 Å². The Bertz CT molecular complexity index is 1100. The van der Waals surface area contributed by atoms with Crippen LogP contribution in [0.5, 0.6) is 0 Å². The molecule has 2 rings (SSSR count). The van der Waals surface area contributed by atoms with Gasteiger partial charge >= 0.3 is 11.9 Å². The normalized spacial score (nSPS) is 14.3. The van der Waals surface area contributed by atoms with Crippen LogP contribution in [-0.2, 0) is 30.4 Å². The summed E-state index contributed by atoms with van der Waals surface area (Å²) in [6, 6.07) is 4.11. The molecule has 0 saturated carbocycles. The summed E-state index contributed by atoms with van der Waals surface area (Å²) in [5, 5.41) is 26.4. The van der Waals surface area contributed by atoms with Crippen molar-refractivity contribution in [3.63, 3.8) is 0 Å². The second kappa shape index (κ2) is 13.2. The summed E-state index contributed by atoms with van der Waals surface area (Å²) in [5.41, 5.74) is 7.75. The molecule has 1 aromatic carbocycles. The summed E-state index contributed by atoms with van der Waals surface area (Å²) in [7, 11) is 0. The van der Waals surface area contributed by atoms with Gasteiger partial charge in [-0.05, 0) is 30.4 Å². The van der Waals surface area contributed by atoms with Crippen molar-refractivity contribution in [1.82, 2.24) is 20.9 Å². The minimum atomic E-state index is -1.30. The Morgan fingerprint density at radius 3 is 2.39 bits per heavy atom. The molecule has 0 aliphatic rings. The van der Waals surface area contributed by atoms with Crippen LogP contribution in [0.25, 0.3) is 10.9 Å². The average molecular weight is 504 g/mol. The fourth-order valence-corrected chi connectivity index (χ4v) is 3.65. The predicted molar refractivity (Wildman–Crippen MR) is 131 cm³/mol. The monoisotopic (exact) mass is 503 g/mol. The first-order valence-corrected chi connectivity index (χ1v) is 11.7. The first-order valence-electron chi connectivity index (χ1n) is 11.7. The molecule has 1 heterocycles. The number of carboxylic acid groups (broad SMARTS) is 2. The first-order chi connectivity index (χ1) is 17.0. The van der Waals surface area contributed by atoms with E-state index < -0.39 is 60.8 Å². The quantitative estimate of drug-likeness (QED) is 0.188. The van der Waals surface area contributed by atoms with Gasteiger partial charge < -0.3 is 36.9 Å². The molecule has 196 valence electrons. The molecule has 3 amide bonds. The number of carboxylic acids is 2. The number of nitrogens with two attached hydrogens (primary N) is 1. The highest BCUT2D eigenvalue weighted by atomic mass is 16.4. The maximum absolute atomic E-state index is 12.7. The lowest BCUT2D eigenvalue weighted by atomic mass is 9.98. The van der Waals surface area contributed by atoms with Gasteiger partial charge in [-0.2, -0.15) is 0 Å². The van der Waals surface area contributed by atoms with Crippen molar-refractivity contribution in [3.8, 4) is 0 Å². The molecule has 8 N–H and O–H groups in total. The van der Waals surface area contributed by atoms with Crippen molar-refractivity contribution in [2.75, 3.05) is 6.54 Å². The number of hydrogen-bond donors (Lipinski definition) is 7. The molecular weight excluding hydrogens is 470 g/mol. The molecule has 0 radical (unpaired) electrons. The molecular formula is C24H33N5O7. The highest BCUT2D eigenvalue weighted by molar-refractivity contribution is 5.93. The Morgan fingerprint density at radius 1 is 1.06 bits per heavy atom. The molecule has 4 unspecified atom stereocenters. The number of rotatable bonds is 14. The zero-order valence-corrected chi connectivity index (χ0v) is 20.2. The van der Waals surface area contributed by atoms with Gasteiger partial charge in [0.15, 0.2) is 0 Å². The van der Waals surface area contributed by atoms with Crippen LogP contribution < -0.4 is 21.7 Å². The molecule has 4 atom stereocenters. The third-order valence-corrected chi connectivity index (χ3v) is 5.95. The Hall–Kier alpha value is -3.93. The molecule has 1 aromatic heterocycles. The zero-order valence-electron chi connectivity index (χ0n) is 20.2. The van der Waals surface area contributed by atoms with E-state index in [4.69, 9.17) is 10.8 Å². The van der Waals surface area contributed by atoms with Gasteiger partial charge in [0.25, 0.3) is 0 Å². The number of aliphatic carboxylic acids is 2. The largest absolute Gasteiger partial charge is 0.481 e. The van der Waals surface area contributed by atoms with Crippen molar-refractivity contribution in [2.45, 2.75) is 57.7 Å². The van der Waals surface area contributed by atoms with Gasteiger partial charge in [0.05, 0.1) is 12.6 Å². The number of H-pyrrole nitrogens is 1. The number of benzene rings is 1. The number of amides is 3. The highest BCUT2D eigenvalue weighted by Crippen LogP contribution is 2.18. The SMILES string of the molecule is CCC(C)C(NC(=O)C(CCC(=O)O)NC(=O)CNC(=O)C(N)Cc1c[nH]c2ccccc12)C(=O)O. The molecule has 36 heavy (non-hydrogen) atoms. The van der Waals surface area contributed by atoms with Crippen LogP contribution in [0.15, 0.2) is 30.5 Å². The van der Waals surface area contributed by atoms with Gasteiger partial charge in [-0.1, -0.05) is 38.5 Å². The molecule has 0 bridgehead atoms. The molecule has 0 saturated heterocycles. The van der Waals surface area contributed by atoms with Crippen LogP contribution >= 0.6 is 0 Å². The topological polar surface area (TPSA) is 204 Å². The molecule has 0 aliphatic heterocycles. The van der Waals surface area contributed by atoms with E-state index in [1.165, 1.54) is 0 Å². The summed E-state index contributed by atoms with van der Waals surface area (Å²) in [6.07, 6.45) is 1.79. The van der Waals surface area contributed by atoms with E-state index in [0.29, 0.717) is 6.42 Å². The Kier molecular flexibility index (Phi) is 10.4. The Morgan fingerprint density at radius 2 is 1.75 bits per heavy atom. The summed E-state index contributed by atoms with van der Waals surface area (Å²) < 4.78 is 0. The number of hydrogen-bond acceptors (Lipinski definition) is 6. The van der Waals surface area contributed by atoms with Gasteiger partial charge in [-0.25, -0.2) is 4.79 Å². The van der Waals surface area contributed by atoms with Crippen molar-refractivity contribution in [2.24, 2.45) is 11.7 Å². The second-order valence-electron chi connectivity index (χ2n) is 8.65. The van der Waals surface area contributed by atoms with E-state index in [0.717, 1.165) is 16.5 Å². The number of carbonyl (C=O) groups is 5. The van der Waals surface area contributed by atoms with E-state index in [-0.39, 0.29) is 18.8 Å². The summed E-state index contributed by atoms with van der Waals surface area (Å²) in [4.78, 5) is 63.1. The average Bonchev–Trinajstić information content (AvgIpc) is 3.25. The van der Waals surface area contributed by atoms with E-state index >= 15 is 0 Å². The van der Waals surface area contributed by atoms with E-state index in [9.17, 15) is 29.1 Å². The molecule has 12 nitrogen and oxygen atoms in total. The van der Waals surface area contributed by atoms with Gasteiger partial charge in [0, 0.05) is 23.5 Å². The number of carbonyl (C=O) groups excluding carboxylic acids is 3. The number of fused-ring (bicyclic) bond motifs is 1. The van der Waals surface area contributed by atoms with E-state index in [2.05, 4.69) is 20.9 Å². The standard InChI is InChI=1S/C24H33N5O7/c1-3-13(2)21(24(35)36)29-23(34)18(8-9-20(31)32)28-19(30)12-27-22(33)16(25)10-14-11-26-17-7-5-4-6-15(14)17/h4-7,11,13,16,18,21,26H,3,8-10,12,25H2,1-2H3,(H,27,33)(H,28,30)(H,29,34)(H,31,32)(H,35,36). The van der Waals surface area contributed by atoms with Gasteiger partial charge in [0.2, 0.25) is 17.7 Å². The van der Waals surface area contributed by atoms with Crippen LogP contribution in [0, 0.1) is 5.92 Å². The minimum absolute atomic E-state index is 0.229. The lowest BCUT2D eigenvalue weighted by Crippen LogP contribution is -2.55. The smallest absolute Gasteiger partial charge is 0.326 e. The summed E-state index contributed by atoms with van der Waals surface area (Å²) in [5.74, 6) is -4.96. The molecule has 2 aromatic rings. The lowest BCUT2D eigenvalue weighted by Gasteiger charge is -2.24. The van der Waals surface area contributed by atoms with Crippen molar-refractivity contribution in [3.05, 3.63) is 36.0 Å². The molecule has 12 heteroatoms. The fourth-order valence-electron chi connectivity index (χ4n) is 3.65. The van der Waals surface area contributed by atoms with Crippen LogP contribution in [-0.4, -0.2) is 69.5 Å². The van der Waals surface area contributed by atoms with E-state index in [1.807, 2.05) is 24.3 Å². The highest BCUT2D eigenvalue weighted by Gasteiger charge is 2.30. The van der Waals surface area contributed by atoms with Crippen molar-refractivity contribution < 1.29 is 34.2 Å². The third-order valence-electron chi connectivity index (χ3n) is 5.95. The number of aromatic nitrogens is 1. The molecule has 0 aliphatic carbocycles. The van der Waals surface area contributed by atoms with Gasteiger partial charge in [-0.3, -0.25) is 19.2 Å².